The number of H-pyrrole nitrogens is 1. The number of nitrogens with one attached hydrogen (secondary N) is 1. The Morgan fingerprint density at radius 3 is 2.54 bits per heavy atom. The summed E-state index contributed by atoms with van der Waals surface area (Å²) >= 11 is 0. The van der Waals surface area contributed by atoms with Gasteiger partial charge in [-0.3, -0.25) is 4.98 Å². The first-order valence-corrected chi connectivity index (χ1v) is 8.93. The maximum absolute atomic E-state index is 5.82. The van der Waals surface area contributed by atoms with E-state index in [-0.39, 0.29) is 0 Å². The summed E-state index contributed by atoms with van der Waals surface area (Å²) in [7, 11) is 0. The molecule has 1 aromatic carbocycles. The van der Waals surface area contributed by atoms with Gasteiger partial charge in [0.25, 0.3) is 0 Å². The van der Waals surface area contributed by atoms with E-state index in [0.29, 0.717) is 12.0 Å². The van der Waals surface area contributed by atoms with Crippen LogP contribution in [0.1, 0.15) is 18.5 Å². The number of nitrogens with zero attached hydrogens (tertiary/aromatic N) is 2. The highest BCUT2D eigenvalue weighted by Gasteiger charge is 2.24. The Kier molecular flexibility index (Phi) is 3.49. The van der Waals surface area contributed by atoms with Crippen molar-refractivity contribution in [3.63, 3.8) is 0 Å². The van der Waals surface area contributed by atoms with E-state index in [9.17, 15) is 0 Å². The van der Waals surface area contributed by atoms with E-state index in [1.807, 2.05) is 37.5 Å². The summed E-state index contributed by atoms with van der Waals surface area (Å²) in [6.45, 7) is 2.01. The minimum atomic E-state index is 0.358. The quantitative estimate of drug-likeness (QED) is 0.559. The molecule has 0 saturated heterocycles. The SMILES string of the molecule is Cc1cc(-c2cc3cc(-c4ccnc(OC5CC5)c4)ccc3[nH]2)ccn1. The Hall–Kier alpha value is -3.14. The third-order valence-electron chi connectivity index (χ3n) is 4.71. The Morgan fingerprint density at radius 2 is 1.69 bits per heavy atom. The second kappa shape index (κ2) is 5.99. The first-order valence-electron chi connectivity index (χ1n) is 8.93. The Labute approximate surface area is 151 Å². The molecule has 1 aliphatic rings. The van der Waals surface area contributed by atoms with Crippen LogP contribution >= 0.6 is 0 Å². The number of hydrogen-bond acceptors (Lipinski definition) is 3. The van der Waals surface area contributed by atoms with Crippen molar-refractivity contribution in [3.05, 3.63) is 66.6 Å². The molecule has 4 aromatic rings. The molecule has 0 aliphatic heterocycles. The van der Waals surface area contributed by atoms with Crippen LogP contribution < -0.4 is 4.74 Å². The van der Waals surface area contributed by atoms with Crippen LogP contribution in [-0.2, 0) is 0 Å². The van der Waals surface area contributed by atoms with Crippen LogP contribution in [0.2, 0.25) is 0 Å². The van der Waals surface area contributed by atoms with Crippen molar-refractivity contribution in [1.82, 2.24) is 15.0 Å². The van der Waals surface area contributed by atoms with E-state index in [4.69, 9.17) is 4.74 Å². The maximum atomic E-state index is 5.82. The minimum absolute atomic E-state index is 0.358. The molecule has 0 atom stereocenters. The summed E-state index contributed by atoms with van der Waals surface area (Å²) in [5.41, 5.74) is 6.69. The number of aryl methyl sites for hydroxylation is 1. The van der Waals surface area contributed by atoms with Crippen molar-refractivity contribution in [3.8, 4) is 28.3 Å². The summed E-state index contributed by atoms with van der Waals surface area (Å²) in [6, 6.07) is 16.8. The molecule has 0 radical (unpaired) electrons. The lowest BCUT2D eigenvalue weighted by Gasteiger charge is -2.06. The van der Waals surface area contributed by atoms with Crippen LogP contribution in [0.25, 0.3) is 33.3 Å². The molecule has 0 unspecified atom stereocenters. The van der Waals surface area contributed by atoms with Gasteiger partial charge in [0.2, 0.25) is 5.88 Å². The largest absolute Gasteiger partial charge is 0.474 e. The maximum Gasteiger partial charge on any atom is 0.214 e. The molecule has 26 heavy (non-hydrogen) atoms. The van der Waals surface area contributed by atoms with Gasteiger partial charge >= 0.3 is 0 Å². The number of pyridine rings is 2. The lowest BCUT2D eigenvalue weighted by Crippen LogP contribution is -1.97. The zero-order valence-corrected chi connectivity index (χ0v) is 14.6. The molecule has 1 fully saturated rings. The molecule has 0 spiro atoms. The minimum Gasteiger partial charge on any atom is -0.474 e. The highest BCUT2D eigenvalue weighted by molar-refractivity contribution is 5.89. The van der Waals surface area contributed by atoms with Crippen LogP contribution in [0.3, 0.4) is 0 Å². The number of aromatic amines is 1. The van der Waals surface area contributed by atoms with E-state index >= 15 is 0 Å². The standard InChI is InChI=1S/C22H19N3O/c1-14-10-17(7-8-23-14)21-12-18-11-15(2-5-20(18)25-21)16-6-9-24-22(13-16)26-19-3-4-19/h2,5-13,19,25H,3-4H2,1H3. The smallest absolute Gasteiger partial charge is 0.214 e. The molecular formula is C22H19N3O. The number of fused-ring (bicyclic) bond motifs is 1. The first-order chi connectivity index (χ1) is 12.7. The predicted octanol–water partition coefficient (Wildman–Crippen LogP) is 5.14. The molecule has 4 heteroatoms. The molecule has 4 nitrogen and oxygen atoms in total. The van der Waals surface area contributed by atoms with Crippen molar-refractivity contribution >= 4 is 10.9 Å². The van der Waals surface area contributed by atoms with Crippen molar-refractivity contribution in [2.24, 2.45) is 0 Å². The topological polar surface area (TPSA) is 50.8 Å². The second-order valence-electron chi connectivity index (χ2n) is 6.87. The molecule has 3 heterocycles. The van der Waals surface area contributed by atoms with Gasteiger partial charge in [0.05, 0.1) is 0 Å². The number of benzene rings is 1. The fourth-order valence-electron chi connectivity index (χ4n) is 3.19. The van der Waals surface area contributed by atoms with E-state index in [0.717, 1.165) is 46.4 Å². The van der Waals surface area contributed by atoms with E-state index in [1.54, 1.807) is 0 Å². The summed E-state index contributed by atoms with van der Waals surface area (Å²) in [5.74, 6) is 0.715. The van der Waals surface area contributed by atoms with Crippen LogP contribution in [0.4, 0.5) is 0 Å². The molecule has 1 aliphatic carbocycles. The fourth-order valence-corrected chi connectivity index (χ4v) is 3.19. The lowest BCUT2D eigenvalue weighted by atomic mass is 10.0. The molecule has 128 valence electrons. The lowest BCUT2D eigenvalue weighted by molar-refractivity contribution is 0.291. The summed E-state index contributed by atoms with van der Waals surface area (Å²) in [4.78, 5) is 12.1. The van der Waals surface area contributed by atoms with Gasteiger partial charge in [0.15, 0.2) is 0 Å². The molecular weight excluding hydrogens is 322 g/mol. The molecule has 5 rings (SSSR count). The van der Waals surface area contributed by atoms with E-state index < -0.39 is 0 Å². The van der Waals surface area contributed by atoms with Crippen molar-refractivity contribution < 1.29 is 4.74 Å². The summed E-state index contributed by atoms with van der Waals surface area (Å²) in [5, 5.41) is 1.19. The van der Waals surface area contributed by atoms with Gasteiger partial charge in [-0.05, 0) is 67.3 Å². The Balaban J connectivity index is 1.51. The number of aromatic nitrogens is 3. The number of rotatable bonds is 4. The normalized spacial score (nSPS) is 13.9. The van der Waals surface area contributed by atoms with Gasteiger partial charge in [-0.2, -0.15) is 0 Å². The van der Waals surface area contributed by atoms with Gasteiger partial charge in [0, 0.05) is 46.3 Å². The molecule has 1 N–H and O–H groups in total. The number of hydrogen-bond donors (Lipinski definition) is 1. The van der Waals surface area contributed by atoms with E-state index in [1.165, 1.54) is 5.39 Å². The average Bonchev–Trinajstić information content (AvgIpc) is 3.36. The Bertz CT molecular complexity index is 1100. The first kappa shape index (κ1) is 15.1. The number of ether oxygens (including phenoxy) is 1. The molecule has 3 aromatic heterocycles. The van der Waals surface area contributed by atoms with Crippen LogP contribution in [-0.4, -0.2) is 21.1 Å². The van der Waals surface area contributed by atoms with Gasteiger partial charge in [-0.1, -0.05) is 6.07 Å². The van der Waals surface area contributed by atoms with Crippen LogP contribution in [0.15, 0.2) is 60.9 Å². The van der Waals surface area contributed by atoms with Gasteiger partial charge in [-0.15, -0.1) is 0 Å². The van der Waals surface area contributed by atoms with Gasteiger partial charge in [0.1, 0.15) is 6.10 Å². The van der Waals surface area contributed by atoms with Crippen LogP contribution in [0.5, 0.6) is 5.88 Å². The second-order valence-corrected chi connectivity index (χ2v) is 6.87. The fraction of sp³-hybridized carbons (Fsp3) is 0.182. The van der Waals surface area contributed by atoms with Gasteiger partial charge in [-0.25, -0.2) is 4.98 Å². The average molecular weight is 341 g/mol. The monoisotopic (exact) mass is 341 g/mol. The Morgan fingerprint density at radius 1 is 0.885 bits per heavy atom. The van der Waals surface area contributed by atoms with Crippen molar-refractivity contribution in [2.45, 2.75) is 25.9 Å². The molecule has 1 saturated carbocycles. The molecule has 0 amide bonds. The van der Waals surface area contributed by atoms with E-state index in [2.05, 4.69) is 45.3 Å². The van der Waals surface area contributed by atoms with Crippen molar-refractivity contribution in [2.75, 3.05) is 0 Å². The zero-order chi connectivity index (χ0) is 17.5. The highest BCUT2D eigenvalue weighted by atomic mass is 16.5. The third-order valence-corrected chi connectivity index (χ3v) is 4.71. The van der Waals surface area contributed by atoms with Crippen molar-refractivity contribution in [1.29, 1.82) is 0 Å². The molecule has 0 bridgehead atoms. The predicted molar refractivity (Wildman–Crippen MR) is 103 cm³/mol. The third kappa shape index (κ3) is 2.94. The summed E-state index contributed by atoms with van der Waals surface area (Å²) in [6.07, 6.45) is 6.30. The van der Waals surface area contributed by atoms with Crippen LogP contribution in [0, 0.1) is 6.92 Å². The van der Waals surface area contributed by atoms with Gasteiger partial charge < -0.3 is 9.72 Å². The highest BCUT2D eigenvalue weighted by Crippen LogP contribution is 2.31. The summed E-state index contributed by atoms with van der Waals surface area (Å²) < 4.78 is 5.82. The zero-order valence-electron chi connectivity index (χ0n) is 14.6.